The fourth-order valence-electron chi connectivity index (χ4n) is 2.55. The third kappa shape index (κ3) is 6.48. The number of carbonyl (C=O) groups excluding carboxylic acids is 1. The lowest BCUT2D eigenvalue weighted by atomic mass is 10.2. The molecule has 1 unspecified atom stereocenters. The fourth-order valence-corrected chi connectivity index (χ4v) is 4.40. The number of rotatable bonds is 9. The van der Waals surface area contributed by atoms with Crippen molar-refractivity contribution in [1.82, 2.24) is 0 Å². The molecule has 0 amide bonds. The van der Waals surface area contributed by atoms with Crippen molar-refractivity contribution in [2.75, 3.05) is 12.8 Å². The van der Waals surface area contributed by atoms with Crippen LogP contribution in [0.2, 0.25) is 5.02 Å². The van der Waals surface area contributed by atoms with Crippen molar-refractivity contribution >= 4 is 41.6 Å². The largest absolute Gasteiger partial charge is 0.461 e. The Hall–Kier alpha value is -3.11. The first-order valence-corrected chi connectivity index (χ1v) is 11.8. The fraction of sp³-hybridized carbons (Fsp3) is 0.300. The summed E-state index contributed by atoms with van der Waals surface area (Å²) in [5.41, 5.74) is -1.82. The van der Waals surface area contributed by atoms with Crippen LogP contribution in [-0.4, -0.2) is 29.4 Å². The van der Waals surface area contributed by atoms with Crippen molar-refractivity contribution in [2.45, 2.75) is 26.9 Å². The summed E-state index contributed by atoms with van der Waals surface area (Å²) < 4.78 is 67.3. The van der Waals surface area contributed by atoms with E-state index in [0.717, 1.165) is 30.3 Å². The number of ether oxygens (including phenoxy) is 2. The standard InChI is InChI=1S/C20H19ClF3N2O7P/c1-4-31-19(27)12(3)25-33-34(30,5-2)18-11-14(7-8-16(18)26(28)29)32-17-9-6-13(10-15(17)21)20(22,23)24/h6-11H,4-5H2,1-3H3. The summed E-state index contributed by atoms with van der Waals surface area (Å²) in [6.45, 7) is 4.31. The molecule has 0 aliphatic rings. The maximum absolute atomic E-state index is 13.4. The lowest BCUT2D eigenvalue weighted by Gasteiger charge is -2.16. The third-order valence-corrected chi connectivity index (χ3v) is 6.86. The van der Waals surface area contributed by atoms with Crippen LogP contribution < -0.4 is 10.0 Å². The van der Waals surface area contributed by atoms with Gasteiger partial charge in [-0.15, -0.1) is 0 Å². The van der Waals surface area contributed by atoms with Crippen molar-refractivity contribution in [1.29, 1.82) is 0 Å². The number of hydrogen-bond donors (Lipinski definition) is 0. The number of carbonyl (C=O) groups is 1. The predicted molar refractivity (Wildman–Crippen MR) is 118 cm³/mol. The molecular formula is C20H19ClF3N2O7P. The molecule has 0 radical (unpaired) electrons. The van der Waals surface area contributed by atoms with Gasteiger partial charge in [0.2, 0.25) is 0 Å². The van der Waals surface area contributed by atoms with Gasteiger partial charge in [0.05, 0.1) is 22.1 Å². The first-order chi connectivity index (χ1) is 15.8. The van der Waals surface area contributed by atoms with Crippen molar-refractivity contribution in [2.24, 2.45) is 5.16 Å². The maximum Gasteiger partial charge on any atom is 0.416 e. The molecule has 0 aromatic heterocycles. The van der Waals surface area contributed by atoms with E-state index >= 15 is 0 Å². The number of esters is 1. The quantitative estimate of drug-likeness (QED) is 0.131. The summed E-state index contributed by atoms with van der Waals surface area (Å²) in [5.74, 6) is -1.10. The molecule has 2 aromatic rings. The number of halogens is 4. The van der Waals surface area contributed by atoms with Crippen LogP contribution in [0, 0.1) is 10.1 Å². The number of nitro groups is 1. The Morgan fingerprint density at radius 2 is 1.88 bits per heavy atom. The van der Waals surface area contributed by atoms with Crippen LogP contribution in [0.4, 0.5) is 18.9 Å². The second-order valence-electron chi connectivity index (χ2n) is 6.62. The van der Waals surface area contributed by atoms with Gasteiger partial charge in [-0.05, 0) is 38.1 Å². The Morgan fingerprint density at radius 3 is 2.41 bits per heavy atom. The average Bonchev–Trinajstić information content (AvgIpc) is 2.77. The highest BCUT2D eigenvalue weighted by Crippen LogP contribution is 2.49. The molecule has 0 spiro atoms. The molecule has 0 aliphatic carbocycles. The van der Waals surface area contributed by atoms with E-state index in [-0.39, 0.29) is 40.3 Å². The first kappa shape index (κ1) is 27.1. The lowest BCUT2D eigenvalue weighted by Crippen LogP contribution is -2.17. The molecule has 0 fully saturated rings. The van der Waals surface area contributed by atoms with E-state index in [1.165, 1.54) is 13.8 Å². The van der Waals surface area contributed by atoms with Crippen molar-refractivity contribution in [3.8, 4) is 11.5 Å². The zero-order valence-corrected chi connectivity index (χ0v) is 19.7. The highest BCUT2D eigenvalue weighted by Gasteiger charge is 2.35. The Kier molecular flexibility index (Phi) is 8.68. The van der Waals surface area contributed by atoms with Gasteiger partial charge >= 0.3 is 19.5 Å². The number of hydrogen-bond acceptors (Lipinski definition) is 8. The minimum absolute atomic E-state index is 0.0640. The van der Waals surface area contributed by atoms with Crippen LogP contribution in [0.1, 0.15) is 26.3 Å². The highest BCUT2D eigenvalue weighted by atomic mass is 35.5. The molecule has 184 valence electrons. The normalized spacial score (nSPS) is 13.7. The number of nitrogens with zero attached hydrogens (tertiary/aromatic N) is 2. The Bertz CT molecular complexity index is 1170. The van der Waals surface area contributed by atoms with Gasteiger partial charge in [-0.1, -0.05) is 23.7 Å². The first-order valence-electron chi connectivity index (χ1n) is 9.65. The lowest BCUT2D eigenvalue weighted by molar-refractivity contribution is -0.383. The number of alkyl halides is 3. The molecule has 2 rings (SSSR count). The van der Waals surface area contributed by atoms with E-state index in [0.29, 0.717) is 6.07 Å². The summed E-state index contributed by atoms with van der Waals surface area (Å²) in [5, 5.41) is 14.3. The topological polar surface area (TPSA) is 117 Å². The van der Waals surface area contributed by atoms with E-state index in [1.54, 1.807) is 6.92 Å². The second kappa shape index (κ2) is 10.9. The van der Waals surface area contributed by atoms with Crippen LogP contribution in [0.15, 0.2) is 41.6 Å². The molecule has 0 bridgehead atoms. The van der Waals surface area contributed by atoms with E-state index < -0.39 is 35.7 Å². The Balaban J connectivity index is 2.46. The highest BCUT2D eigenvalue weighted by molar-refractivity contribution is 7.67. The Morgan fingerprint density at radius 1 is 1.21 bits per heavy atom. The molecule has 0 heterocycles. The summed E-state index contributed by atoms with van der Waals surface area (Å²) in [4.78, 5) is 22.4. The van der Waals surface area contributed by atoms with Gasteiger partial charge < -0.3 is 14.1 Å². The maximum atomic E-state index is 13.4. The van der Waals surface area contributed by atoms with Crippen LogP contribution in [0.3, 0.4) is 0 Å². The van der Waals surface area contributed by atoms with Crippen molar-refractivity contribution in [3.63, 3.8) is 0 Å². The average molecular weight is 523 g/mol. The number of nitro benzene ring substituents is 1. The third-order valence-electron chi connectivity index (χ3n) is 4.29. The van der Waals surface area contributed by atoms with E-state index in [2.05, 4.69) is 5.16 Å². The second-order valence-corrected chi connectivity index (χ2v) is 9.65. The summed E-state index contributed by atoms with van der Waals surface area (Å²) >= 11 is 5.89. The molecule has 2 aromatic carbocycles. The molecule has 0 aliphatic heterocycles. The predicted octanol–water partition coefficient (Wildman–Crippen LogP) is 5.94. The van der Waals surface area contributed by atoms with E-state index in [4.69, 9.17) is 25.7 Å². The van der Waals surface area contributed by atoms with Gasteiger partial charge in [-0.25, -0.2) is 4.79 Å². The van der Waals surface area contributed by atoms with Crippen molar-refractivity contribution < 1.29 is 41.6 Å². The van der Waals surface area contributed by atoms with Gasteiger partial charge in [-0.2, -0.15) is 13.2 Å². The minimum Gasteiger partial charge on any atom is -0.461 e. The molecular weight excluding hydrogens is 504 g/mol. The zero-order chi connectivity index (χ0) is 25.7. The van der Waals surface area contributed by atoms with Crippen molar-refractivity contribution in [3.05, 3.63) is 57.1 Å². The van der Waals surface area contributed by atoms with Crippen LogP contribution in [0.25, 0.3) is 0 Å². The van der Waals surface area contributed by atoms with E-state index in [9.17, 15) is 32.6 Å². The van der Waals surface area contributed by atoms with Gasteiger partial charge in [-0.3, -0.25) is 14.7 Å². The summed E-state index contributed by atoms with van der Waals surface area (Å²) in [7, 11) is -4.03. The van der Waals surface area contributed by atoms with Crippen LogP contribution in [-0.2, 0) is 24.9 Å². The van der Waals surface area contributed by atoms with Crippen LogP contribution in [0.5, 0.6) is 11.5 Å². The van der Waals surface area contributed by atoms with Gasteiger partial charge in [0.15, 0.2) is 5.71 Å². The molecule has 0 N–H and O–H groups in total. The molecule has 0 saturated carbocycles. The summed E-state index contributed by atoms with van der Waals surface area (Å²) in [6.07, 6.45) is -4.85. The van der Waals surface area contributed by atoms with E-state index in [1.807, 2.05) is 0 Å². The number of oxime groups is 1. The van der Waals surface area contributed by atoms with Crippen LogP contribution >= 0.6 is 19.0 Å². The molecule has 0 saturated heterocycles. The van der Waals surface area contributed by atoms with Gasteiger partial charge in [0.25, 0.3) is 5.69 Å². The van der Waals surface area contributed by atoms with Gasteiger partial charge in [0.1, 0.15) is 16.8 Å². The molecule has 14 heteroatoms. The molecule has 34 heavy (non-hydrogen) atoms. The van der Waals surface area contributed by atoms with Gasteiger partial charge in [0, 0.05) is 18.3 Å². The SMILES string of the molecule is CCOC(=O)C(C)=NOP(=O)(CC)c1cc(Oc2ccc(C(F)(F)F)cc2Cl)ccc1[N+](=O)[O-]. The minimum atomic E-state index is -4.62. The molecule has 9 nitrogen and oxygen atoms in total. The summed E-state index contributed by atoms with van der Waals surface area (Å²) in [6, 6.07) is 5.59. The molecule has 1 atom stereocenters. The smallest absolute Gasteiger partial charge is 0.416 e. The Labute approximate surface area is 197 Å². The monoisotopic (exact) mass is 522 g/mol. The number of benzene rings is 2. The zero-order valence-electron chi connectivity index (χ0n) is 18.1.